The van der Waals surface area contributed by atoms with Gasteiger partial charge in [0.2, 0.25) is 0 Å². The summed E-state index contributed by atoms with van der Waals surface area (Å²) in [6.45, 7) is 0. The molecular weight excluding hydrogens is 388 g/mol. The van der Waals surface area contributed by atoms with E-state index in [0.717, 1.165) is 29.3 Å². The molecule has 4 heteroatoms. The topological polar surface area (TPSA) is 64.7 Å². The Labute approximate surface area is 162 Å². The summed E-state index contributed by atoms with van der Waals surface area (Å²) in [5.41, 5.74) is -0.495. The SMILES string of the molecule is N#CC1(C#N)C(c2cccc(Br)c2)[C@@H]1C(=O)C12CC3CC(CC(C3)C1)C2. The molecule has 1 unspecified atom stereocenters. The van der Waals surface area contributed by atoms with Crippen LogP contribution in [0.25, 0.3) is 0 Å². The molecule has 5 aliphatic rings. The van der Waals surface area contributed by atoms with E-state index in [9.17, 15) is 15.3 Å². The van der Waals surface area contributed by atoms with Crippen LogP contribution in [0.1, 0.15) is 50.0 Å². The normalized spacial score (nSPS) is 41.3. The number of Topliss-reactive ketones (excluding diaryl/α,β-unsaturated/α-hetero) is 1. The highest BCUT2D eigenvalue weighted by Crippen LogP contribution is 2.70. The predicted octanol–water partition coefficient (Wildman–Crippen LogP) is 4.98. The van der Waals surface area contributed by atoms with Gasteiger partial charge >= 0.3 is 0 Å². The second kappa shape index (κ2) is 5.43. The smallest absolute Gasteiger partial charge is 0.161 e. The van der Waals surface area contributed by atoms with Crippen molar-refractivity contribution in [2.24, 2.45) is 34.5 Å². The molecule has 0 spiro atoms. The maximum absolute atomic E-state index is 13.7. The molecule has 132 valence electrons. The molecule has 0 N–H and O–H groups in total. The van der Waals surface area contributed by atoms with Gasteiger partial charge in [-0.3, -0.25) is 4.79 Å². The van der Waals surface area contributed by atoms with Gasteiger partial charge < -0.3 is 0 Å². The fraction of sp³-hybridized carbons (Fsp3) is 0.591. The summed E-state index contributed by atoms with van der Waals surface area (Å²) in [5, 5.41) is 19.6. The molecule has 0 saturated heterocycles. The van der Waals surface area contributed by atoms with Gasteiger partial charge in [-0.15, -0.1) is 0 Å². The lowest BCUT2D eigenvalue weighted by Crippen LogP contribution is -2.50. The van der Waals surface area contributed by atoms with Crippen LogP contribution in [-0.2, 0) is 4.79 Å². The standard InChI is InChI=1S/C22H21BrN2O/c23-17-3-1-2-16(7-17)18-19(22(18,11-24)12-25)20(26)21-8-13-4-14(9-21)6-15(5-13)10-21/h1-3,7,13-15,18-19H,4-6,8-10H2/t13?,14?,15?,18?,19-,21?/m1/s1. The minimum Gasteiger partial charge on any atom is -0.299 e. The van der Waals surface area contributed by atoms with E-state index in [4.69, 9.17) is 0 Å². The summed E-state index contributed by atoms with van der Waals surface area (Å²) in [6.07, 6.45) is 6.83. The molecule has 6 rings (SSSR count). The summed E-state index contributed by atoms with van der Waals surface area (Å²) < 4.78 is 0.924. The maximum Gasteiger partial charge on any atom is 0.161 e. The average Bonchev–Trinajstić information content (AvgIpc) is 3.29. The summed E-state index contributed by atoms with van der Waals surface area (Å²) in [7, 11) is 0. The van der Waals surface area contributed by atoms with Crippen molar-refractivity contribution in [2.75, 3.05) is 0 Å². The van der Waals surface area contributed by atoms with Crippen LogP contribution in [-0.4, -0.2) is 5.78 Å². The van der Waals surface area contributed by atoms with Gasteiger partial charge in [0, 0.05) is 15.8 Å². The first-order valence-electron chi connectivity index (χ1n) is 9.63. The van der Waals surface area contributed by atoms with Crippen LogP contribution >= 0.6 is 15.9 Å². The van der Waals surface area contributed by atoms with E-state index in [2.05, 4.69) is 28.1 Å². The molecule has 0 radical (unpaired) electrons. The highest BCUT2D eigenvalue weighted by Gasteiger charge is 2.73. The third-order valence-electron chi connectivity index (χ3n) is 7.63. The Balaban J connectivity index is 1.52. The minimum atomic E-state index is -1.18. The number of ketones is 1. The van der Waals surface area contributed by atoms with E-state index in [0.29, 0.717) is 17.8 Å². The second-order valence-corrected chi connectivity index (χ2v) is 10.1. The van der Waals surface area contributed by atoms with Crippen LogP contribution in [0.15, 0.2) is 28.7 Å². The lowest BCUT2D eigenvalue weighted by Gasteiger charge is -2.56. The molecule has 0 aliphatic heterocycles. The fourth-order valence-electron chi connectivity index (χ4n) is 6.95. The number of carbonyl (C=O) groups is 1. The lowest BCUT2D eigenvalue weighted by molar-refractivity contribution is -0.145. The third kappa shape index (κ3) is 2.12. The van der Waals surface area contributed by atoms with Gasteiger partial charge in [0.1, 0.15) is 5.78 Å². The summed E-state index contributed by atoms with van der Waals surface area (Å²) in [4.78, 5) is 13.7. The molecule has 4 bridgehead atoms. The van der Waals surface area contributed by atoms with Crippen molar-refractivity contribution in [3.05, 3.63) is 34.3 Å². The van der Waals surface area contributed by atoms with E-state index in [1.807, 2.05) is 24.3 Å². The van der Waals surface area contributed by atoms with Crippen molar-refractivity contribution in [2.45, 2.75) is 44.4 Å². The largest absolute Gasteiger partial charge is 0.299 e. The minimum absolute atomic E-state index is 0.227. The fourth-order valence-corrected chi connectivity index (χ4v) is 7.36. The zero-order valence-electron chi connectivity index (χ0n) is 14.6. The molecule has 0 heterocycles. The molecule has 5 fully saturated rings. The van der Waals surface area contributed by atoms with Gasteiger partial charge in [-0.05, 0) is 74.0 Å². The predicted molar refractivity (Wildman–Crippen MR) is 99.6 cm³/mol. The maximum atomic E-state index is 13.7. The summed E-state index contributed by atoms with van der Waals surface area (Å²) in [5.74, 6) is 1.55. The number of nitrogens with zero attached hydrogens (tertiary/aromatic N) is 2. The van der Waals surface area contributed by atoms with Crippen molar-refractivity contribution >= 4 is 21.7 Å². The highest BCUT2D eigenvalue weighted by molar-refractivity contribution is 9.10. The Kier molecular flexibility index (Phi) is 3.45. The first-order chi connectivity index (χ1) is 12.5. The van der Waals surface area contributed by atoms with Crippen LogP contribution in [0.2, 0.25) is 0 Å². The highest BCUT2D eigenvalue weighted by atomic mass is 79.9. The Bertz CT molecular complexity index is 828. The van der Waals surface area contributed by atoms with Crippen LogP contribution < -0.4 is 0 Å². The molecule has 26 heavy (non-hydrogen) atoms. The molecular formula is C22H21BrN2O. The van der Waals surface area contributed by atoms with Gasteiger partial charge in [0.25, 0.3) is 0 Å². The Morgan fingerprint density at radius 3 is 2.12 bits per heavy atom. The molecule has 5 aliphatic carbocycles. The second-order valence-electron chi connectivity index (χ2n) is 9.17. The number of halogens is 1. The van der Waals surface area contributed by atoms with Crippen molar-refractivity contribution in [3.8, 4) is 12.1 Å². The Hall–Kier alpha value is -1.65. The van der Waals surface area contributed by atoms with Gasteiger partial charge in [-0.2, -0.15) is 10.5 Å². The zero-order valence-corrected chi connectivity index (χ0v) is 16.2. The van der Waals surface area contributed by atoms with Gasteiger partial charge in [-0.25, -0.2) is 0 Å². The van der Waals surface area contributed by atoms with E-state index in [1.165, 1.54) is 19.3 Å². The molecule has 2 atom stereocenters. The van der Waals surface area contributed by atoms with Gasteiger partial charge in [0.05, 0.1) is 18.1 Å². The molecule has 0 amide bonds. The van der Waals surface area contributed by atoms with Gasteiger partial charge in [0.15, 0.2) is 5.41 Å². The molecule has 0 aromatic heterocycles. The van der Waals surface area contributed by atoms with Crippen molar-refractivity contribution in [3.63, 3.8) is 0 Å². The third-order valence-corrected chi connectivity index (χ3v) is 8.12. The van der Waals surface area contributed by atoms with E-state index in [-0.39, 0.29) is 17.1 Å². The first kappa shape index (κ1) is 16.5. The first-order valence-corrected chi connectivity index (χ1v) is 10.4. The van der Waals surface area contributed by atoms with Crippen molar-refractivity contribution in [1.29, 1.82) is 10.5 Å². The van der Waals surface area contributed by atoms with Crippen molar-refractivity contribution in [1.82, 2.24) is 0 Å². The lowest BCUT2D eigenvalue weighted by atomic mass is 9.48. The number of nitriles is 2. The van der Waals surface area contributed by atoms with Crippen LogP contribution in [0.3, 0.4) is 0 Å². The molecule has 3 nitrogen and oxygen atoms in total. The number of rotatable bonds is 3. The van der Waals surface area contributed by atoms with Crippen LogP contribution in [0, 0.1) is 57.2 Å². The monoisotopic (exact) mass is 408 g/mol. The quantitative estimate of drug-likeness (QED) is 0.707. The van der Waals surface area contributed by atoms with Crippen molar-refractivity contribution < 1.29 is 4.79 Å². The molecule has 1 aromatic rings. The van der Waals surface area contributed by atoms with E-state index < -0.39 is 11.3 Å². The summed E-state index contributed by atoms with van der Waals surface area (Å²) >= 11 is 3.48. The number of carbonyl (C=O) groups excluding carboxylic acids is 1. The average molecular weight is 409 g/mol. The van der Waals surface area contributed by atoms with E-state index in [1.54, 1.807) is 0 Å². The number of benzene rings is 1. The molecule has 5 saturated carbocycles. The Morgan fingerprint density at radius 1 is 1.04 bits per heavy atom. The van der Waals surface area contributed by atoms with Crippen LogP contribution in [0.4, 0.5) is 0 Å². The summed E-state index contributed by atoms with van der Waals surface area (Å²) in [6, 6.07) is 12.2. The zero-order chi connectivity index (χ0) is 18.1. The van der Waals surface area contributed by atoms with E-state index >= 15 is 0 Å². The number of hydrogen-bond acceptors (Lipinski definition) is 3. The Morgan fingerprint density at radius 2 is 1.62 bits per heavy atom. The number of hydrogen-bond donors (Lipinski definition) is 0. The molecule has 1 aromatic carbocycles. The van der Waals surface area contributed by atoms with Crippen LogP contribution in [0.5, 0.6) is 0 Å². The van der Waals surface area contributed by atoms with Gasteiger partial charge in [-0.1, -0.05) is 28.1 Å².